The maximum absolute atomic E-state index is 15.0. The average Bonchev–Trinajstić information content (AvgIpc) is 3.36. The summed E-state index contributed by atoms with van der Waals surface area (Å²) in [6.45, 7) is 1.62. The highest BCUT2D eigenvalue weighted by Gasteiger charge is 2.39. The van der Waals surface area contributed by atoms with Gasteiger partial charge in [0.25, 0.3) is 11.8 Å². The van der Waals surface area contributed by atoms with Crippen molar-refractivity contribution in [3.05, 3.63) is 40.0 Å². The third kappa shape index (κ3) is 4.70. The fourth-order valence-electron chi connectivity index (χ4n) is 2.82. The van der Waals surface area contributed by atoms with Gasteiger partial charge < -0.3 is 19.9 Å². The van der Waals surface area contributed by atoms with Crippen molar-refractivity contribution in [1.29, 1.82) is 0 Å². The van der Waals surface area contributed by atoms with Crippen LogP contribution in [0.3, 0.4) is 0 Å². The zero-order valence-electron chi connectivity index (χ0n) is 18.0. The van der Waals surface area contributed by atoms with E-state index in [1.807, 2.05) is 0 Å². The van der Waals surface area contributed by atoms with Crippen molar-refractivity contribution in [3.63, 3.8) is 0 Å². The number of aromatic amines is 1. The number of aliphatic hydroxyl groups excluding tert-OH is 1. The Hall–Kier alpha value is -3.95. The number of carbonyl (C=O) groups is 1. The Morgan fingerprint density at radius 2 is 2.06 bits per heavy atom. The lowest BCUT2D eigenvalue weighted by molar-refractivity contribution is -0.190. The van der Waals surface area contributed by atoms with Gasteiger partial charge in [0, 0.05) is 12.7 Å². The maximum Gasteiger partial charge on any atom is 0.425 e. The highest BCUT2D eigenvalue weighted by Crippen LogP contribution is 2.29. The van der Waals surface area contributed by atoms with Crippen molar-refractivity contribution in [1.82, 2.24) is 29.5 Å². The van der Waals surface area contributed by atoms with E-state index in [0.717, 1.165) is 4.57 Å². The van der Waals surface area contributed by atoms with E-state index in [9.17, 15) is 32.3 Å². The number of aromatic nitrogens is 6. The molecule has 1 amide bonds. The smallest absolute Gasteiger partial charge is 0.425 e. The molecule has 0 aliphatic heterocycles. The summed E-state index contributed by atoms with van der Waals surface area (Å²) in [6, 6.07) is 0.554. The number of rotatable bonds is 8. The van der Waals surface area contributed by atoms with Crippen LogP contribution in [0.4, 0.5) is 23.2 Å². The molecule has 1 atom stereocenters. The van der Waals surface area contributed by atoms with E-state index in [2.05, 4.69) is 25.6 Å². The lowest BCUT2D eigenvalue weighted by Crippen LogP contribution is -2.33. The van der Waals surface area contributed by atoms with Crippen LogP contribution < -0.4 is 20.5 Å². The molecule has 0 saturated carbocycles. The van der Waals surface area contributed by atoms with E-state index in [0.29, 0.717) is 17.7 Å². The molecule has 0 spiro atoms. The van der Waals surface area contributed by atoms with Crippen molar-refractivity contribution < 1.29 is 36.9 Å². The summed E-state index contributed by atoms with van der Waals surface area (Å²) in [5.41, 5.74) is -1.60. The minimum Gasteiger partial charge on any atom is -0.478 e. The molecular formula is C18H19F4N7O5. The number of ether oxygens (including phenoxy) is 2. The van der Waals surface area contributed by atoms with E-state index >= 15 is 0 Å². The van der Waals surface area contributed by atoms with Gasteiger partial charge >= 0.3 is 11.9 Å². The number of carbonyl (C=O) groups excluding carboxylic acids is 1. The van der Waals surface area contributed by atoms with Crippen LogP contribution in [0.1, 0.15) is 30.0 Å². The standard InChI is InChI=1S/C18H19F4N7O5/c1-4-28-12(7-30)27-29(17(28)32)13-10(19)5-9(15(25-13)34-8(2)18(20,21)22)14(31)24-11-6-23-26-16(11)33-3/h5-6,8,30H,4,7H2,1-3H3,(H,23,26)(H,24,31). The maximum atomic E-state index is 15.0. The number of H-pyrrole nitrogens is 1. The van der Waals surface area contributed by atoms with Gasteiger partial charge in [0.15, 0.2) is 23.6 Å². The van der Waals surface area contributed by atoms with Crippen molar-refractivity contribution >= 4 is 11.6 Å². The third-order valence-electron chi connectivity index (χ3n) is 4.56. The Kier molecular flexibility index (Phi) is 6.90. The van der Waals surface area contributed by atoms with Crippen molar-refractivity contribution in [2.45, 2.75) is 39.3 Å². The summed E-state index contributed by atoms with van der Waals surface area (Å²) in [7, 11) is 1.26. The zero-order valence-corrected chi connectivity index (χ0v) is 18.0. The number of nitrogens with zero attached hydrogens (tertiary/aromatic N) is 5. The van der Waals surface area contributed by atoms with Crippen molar-refractivity contribution in [2.24, 2.45) is 0 Å². The Morgan fingerprint density at radius 1 is 1.35 bits per heavy atom. The van der Waals surface area contributed by atoms with Crippen LogP contribution in [0, 0.1) is 5.82 Å². The van der Waals surface area contributed by atoms with Gasteiger partial charge in [-0.1, -0.05) is 0 Å². The summed E-state index contributed by atoms with van der Waals surface area (Å²) in [5.74, 6) is -4.27. The highest BCUT2D eigenvalue weighted by atomic mass is 19.4. The second kappa shape index (κ2) is 9.50. The van der Waals surface area contributed by atoms with Crippen LogP contribution in [-0.2, 0) is 13.2 Å². The van der Waals surface area contributed by atoms with Crippen LogP contribution in [0.25, 0.3) is 5.82 Å². The minimum absolute atomic E-state index is 0.0114. The van der Waals surface area contributed by atoms with E-state index in [-0.39, 0.29) is 23.9 Å². The Labute approximate surface area is 188 Å². The lowest BCUT2D eigenvalue weighted by Gasteiger charge is -2.19. The van der Waals surface area contributed by atoms with Gasteiger partial charge in [-0.15, -0.1) is 10.2 Å². The molecule has 184 valence electrons. The van der Waals surface area contributed by atoms with Crippen LogP contribution in [0.2, 0.25) is 0 Å². The monoisotopic (exact) mass is 489 g/mol. The molecule has 12 nitrogen and oxygen atoms in total. The summed E-state index contributed by atoms with van der Waals surface area (Å²) in [5, 5.41) is 21.5. The molecule has 3 heterocycles. The summed E-state index contributed by atoms with van der Waals surface area (Å²) >= 11 is 0. The van der Waals surface area contributed by atoms with Crippen LogP contribution in [0.5, 0.6) is 11.8 Å². The SMILES string of the molecule is CCn1c(CO)nn(-c2nc(OC(C)C(F)(F)F)c(C(=O)Nc3c[nH]nc3OC)cc2F)c1=O. The topological polar surface area (TPSA) is 149 Å². The van der Waals surface area contributed by atoms with Gasteiger partial charge in [-0.2, -0.15) is 22.8 Å². The Morgan fingerprint density at radius 3 is 2.62 bits per heavy atom. The molecule has 3 aromatic rings. The highest BCUT2D eigenvalue weighted by molar-refractivity contribution is 6.06. The number of halogens is 4. The number of hydrogen-bond donors (Lipinski definition) is 3. The fraction of sp³-hybridized carbons (Fsp3) is 0.389. The van der Waals surface area contributed by atoms with Crippen LogP contribution >= 0.6 is 0 Å². The van der Waals surface area contributed by atoms with Gasteiger partial charge in [0.05, 0.1) is 7.11 Å². The molecule has 0 aromatic carbocycles. The molecule has 0 aliphatic carbocycles. The average molecular weight is 489 g/mol. The second-order valence-corrected chi connectivity index (χ2v) is 6.72. The molecule has 3 N–H and O–H groups in total. The predicted molar refractivity (Wildman–Crippen MR) is 106 cm³/mol. The normalized spacial score (nSPS) is 12.5. The number of hydrogen-bond acceptors (Lipinski definition) is 8. The number of anilines is 1. The molecule has 3 rings (SSSR count). The molecule has 0 fully saturated rings. The second-order valence-electron chi connectivity index (χ2n) is 6.72. The quantitative estimate of drug-likeness (QED) is 0.402. The molecule has 0 saturated heterocycles. The lowest BCUT2D eigenvalue weighted by atomic mass is 10.2. The molecule has 0 bridgehead atoms. The van der Waals surface area contributed by atoms with Gasteiger partial charge in [-0.25, -0.2) is 9.18 Å². The molecule has 0 radical (unpaired) electrons. The van der Waals surface area contributed by atoms with Gasteiger partial charge in [-0.05, 0) is 19.9 Å². The van der Waals surface area contributed by atoms with Gasteiger partial charge in [-0.3, -0.25) is 14.5 Å². The molecule has 3 aromatic heterocycles. The first-order valence-corrected chi connectivity index (χ1v) is 9.64. The van der Waals surface area contributed by atoms with E-state index < -0.39 is 53.6 Å². The number of aliphatic hydroxyl groups is 1. The van der Waals surface area contributed by atoms with Crippen LogP contribution in [0.15, 0.2) is 17.1 Å². The molecule has 1 unspecified atom stereocenters. The van der Waals surface area contributed by atoms with Gasteiger partial charge in [0.1, 0.15) is 17.9 Å². The summed E-state index contributed by atoms with van der Waals surface area (Å²) in [6.07, 6.45) is -6.06. The molecular weight excluding hydrogens is 470 g/mol. The van der Waals surface area contributed by atoms with Crippen LogP contribution in [-0.4, -0.2) is 59.9 Å². The van der Waals surface area contributed by atoms with E-state index in [1.165, 1.54) is 13.3 Å². The third-order valence-corrected chi connectivity index (χ3v) is 4.56. The molecule has 16 heteroatoms. The largest absolute Gasteiger partial charge is 0.478 e. The van der Waals surface area contributed by atoms with E-state index in [4.69, 9.17) is 9.47 Å². The Bertz CT molecular complexity index is 1250. The first-order chi connectivity index (χ1) is 16.0. The summed E-state index contributed by atoms with van der Waals surface area (Å²) < 4.78 is 65.6. The van der Waals surface area contributed by atoms with Crippen molar-refractivity contribution in [3.8, 4) is 17.6 Å². The molecule has 34 heavy (non-hydrogen) atoms. The van der Waals surface area contributed by atoms with Crippen molar-refractivity contribution in [2.75, 3.05) is 12.4 Å². The number of alkyl halides is 3. The minimum atomic E-state index is -4.84. The zero-order chi connectivity index (χ0) is 25.2. The first kappa shape index (κ1) is 24.7. The van der Waals surface area contributed by atoms with E-state index in [1.54, 1.807) is 6.92 Å². The predicted octanol–water partition coefficient (Wildman–Crippen LogP) is 1.39. The first-order valence-electron chi connectivity index (χ1n) is 9.64. The number of nitrogens with one attached hydrogen (secondary N) is 2. The number of methoxy groups -OCH3 is 1. The number of pyridine rings is 1. The molecule has 0 aliphatic rings. The summed E-state index contributed by atoms with van der Waals surface area (Å²) in [4.78, 5) is 29.0. The Balaban J connectivity index is 2.13. The fourth-order valence-corrected chi connectivity index (χ4v) is 2.82. The van der Waals surface area contributed by atoms with Gasteiger partial charge in [0.2, 0.25) is 5.88 Å². The number of amides is 1.